The number of amides is 3. The molecule has 0 aromatic heterocycles. The number of nitrogens with one attached hydrogen (secondary N) is 3. The van der Waals surface area contributed by atoms with Gasteiger partial charge in [0.05, 0.1) is 0 Å². The molecule has 17 nitrogen and oxygen atoms in total. The number of hydrogen-bond donors (Lipinski definition) is 10. The Morgan fingerprint density at radius 3 is 1.71 bits per heavy atom. The van der Waals surface area contributed by atoms with Gasteiger partial charge in [-0.15, -0.1) is 0 Å². The molecule has 3 unspecified atom stereocenters. The van der Waals surface area contributed by atoms with Gasteiger partial charge in [0.2, 0.25) is 11.8 Å². The second kappa shape index (κ2) is 16.7. The third-order valence-electron chi connectivity index (χ3n) is 3.39. The number of thiol groups is 1. The van der Waals surface area contributed by atoms with Crippen LogP contribution in [0.4, 0.5) is 0 Å². The molecule has 3 amide bonds. The number of carbonyl (C=O) groups is 6. The molecule has 0 aliphatic rings. The van der Waals surface area contributed by atoms with Crippen molar-refractivity contribution in [3.05, 3.63) is 0 Å². The molecule has 0 spiro atoms. The van der Waals surface area contributed by atoms with Crippen LogP contribution in [0.2, 0.25) is 5.32 Å². The van der Waals surface area contributed by atoms with Gasteiger partial charge < -0.3 is 26.6 Å². The van der Waals surface area contributed by atoms with Crippen LogP contribution in [0, 0.1) is 0 Å². The molecule has 0 aromatic rings. The number of carboxylic acids is 3. The molecule has 0 bridgehead atoms. The van der Waals surface area contributed by atoms with Crippen LogP contribution in [0.25, 0.3) is 0 Å². The summed E-state index contributed by atoms with van der Waals surface area (Å²) in [5, 5.41) is 30.5. The zero-order valence-corrected chi connectivity index (χ0v) is 20.1. The summed E-state index contributed by atoms with van der Waals surface area (Å²) in [6, 6.07) is -3.60. The molecular weight excluding hydrogens is 553 g/mol. The van der Waals surface area contributed by atoms with Crippen LogP contribution in [-0.4, -0.2) is 105 Å². The zero-order chi connectivity index (χ0) is 27.1. The predicted molar refractivity (Wildman–Crippen MR) is 114 cm³/mol. The van der Waals surface area contributed by atoms with E-state index in [4.69, 9.17) is 31.0 Å². The first kappa shape index (κ1) is 33.3. The topological polar surface area (TPSA) is 306 Å². The van der Waals surface area contributed by atoms with E-state index in [1.165, 1.54) is 0 Å². The van der Waals surface area contributed by atoms with E-state index in [0.29, 0.717) is 0 Å². The number of carbonyl (C=O) groups excluding carboxylic acids is 3. The minimum atomic E-state index is -5.04. The van der Waals surface area contributed by atoms with Crippen LogP contribution >= 0.6 is 12.6 Å². The van der Waals surface area contributed by atoms with E-state index in [2.05, 4.69) is 23.3 Å². The molecule has 3 atom stereocenters. The summed E-state index contributed by atoms with van der Waals surface area (Å²) in [7, 11) is 0. The van der Waals surface area contributed by atoms with Crippen LogP contribution in [0.5, 0.6) is 0 Å². The molecule has 0 fully saturated rings. The summed E-state index contributed by atoms with van der Waals surface area (Å²) < 4.78 is 29.1. The molecule has 19 heteroatoms. The van der Waals surface area contributed by atoms with E-state index in [9.17, 15) is 36.4 Å². The monoisotopic (exact) mass is 581 g/mol. The predicted octanol–water partition coefficient (Wildman–Crippen LogP) is -4.90. The van der Waals surface area contributed by atoms with Crippen molar-refractivity contribution in [3.63, 3.8) is 0 Å². The summed E-state index contributed by atoms with van der Waals surface area (Å²) in [5.41, 5.74) is 10.3. The van der Waals surface area contributed by atoms with Crippen molar-refractivity contribution in [2.24, 2.45) is 11.5 Å². The molecule has 0 saturated carbocycles. The van der Waals surface area contributed by atoms with Crippen molar-refractivity contribution in [1.29, 1.82) is 0 Å². The van der Waals surface area contributed by atoms with Gasteiger partial charge in [0.15, 0.2) is 0 Å². The molecule has 11 N–H and O–H groups in total. The van der Waals surface area contributed by atoms with Gasteiger partial charge in [-0.1, -0.05) is 0 Å². The van der Waals surface area contributed by atoms with E-state index >= 15 is 0 Å². The molecule has 0 aromatic carbocycles. The Morgan fingerprint density at radius 1 is 0.853 bits per heavy atom. The number of aliphatic carboxylic acids is 3. The van der Waals surface area contributed by atoms with Gasteiger partial charge in [-0.25, -0.2) is 0 Å². The average Bonchev–Trinajstić information content (AvgIpc) is 2.71. The van der Waals surface area contributed by atoms with Gasteiger partial charge in [0.1, 0.15) is 18.6 Å². The van der Waals surface area contributed by atoms with Crippen molar-refractivity contribution >= 4 is 61.3 Å². The second-order valence-electron chi connectivity index (χ2n) is 6.36. The Bertz CT molecular complexity index is 853. The third kappa shape index (κ3) is 18.7. The molecule has 34 heavy (non-hydrogen) atoms. The van der Waals surface area contributed by atoms with Crippen LogP contribution < -0.4 is 27.4 Å². The Hall–Kier alpha value is -2.83. The fourth-order valence-electron chi connectivity index (χ4n) is 1.75. The van der Waals surface area contributed by atoms with Gasteiger partial charge in [-0.3, -0.25) is 19.2 Å². The summed E-state index contributed by atoms with van der Waals surface area (Å²) in [4.78, 5) is 64.6. The van der Waals surface area contributed by atoms with Crippen LogP contribution in [0.15, 0.2) is 0 Å². The van der Waals surface area contributed by atoms with Crippen LogP contribution in [0.3, 0.4) is 0 Å². The number of rotatable bonds is 14. The van der Waals surface area contributed by atoms with Gasteiger partial charge in [-0.05, 0) is 6.42 Å². The number of nitrogens with two attached hydrogens (primary N) is 2. The first-order chi connectivity index (χ1) is 15.5. The standard InChI is InChI=1S/C10H17N3O6S.C5H10N2O6Se/c11-5(10(18)19)1-2-7(14)13-6(4-20)9(17)12-3-8(15)16;6-3(2-14(11,12)13)5(10)7-1-4(8)9/h5-6,20H,1-4,11H2,(H,12,17)(H,13,14)(H,15,16)(H,18,19);3H,1-2,6H2,(H,7,10)(H,8,9)(H,11,12,13). The maximum atomic E-state index is 11.5. The fraction of sp³-hybridized carbons (Fsp3) is 0.600. The normalized spacial score (nSPS) is 13.2. The Balaban J connectivity index is 0. The summed E-state index contributed by atoms with van der Waals surface area (Å²) in [6.45, 7) is -1.21. The van der Waals surface area contributed by atoms with Crippen LogP contribution in [-0.2, 0) is 36.4 Å². The fourth-order valence-corrected chi connectivity index (χ4v) is 3.28. The molecular formula is C15H27N5O12SSe. The maximum absolute atomic E-state index is 11.5. The van der Waals surface area contributed by atoms with Crippen molar-refractivity contribution in [3.8, 4) is 0 Å². The van der Waals surface area contributed by atoms with Gasteiger partial charge in [-0.2, -0.15) is 12.6 Å². The molecule has 0 aliphatic carbocycles. The Morgan fingerprint density at radius 2 is 1.32 bits per heavy atom. The van der Waals surface area contributed by atoms with Gasteiger partial charge >= 0.3 is 92.4 Å². The molecule has 0 saturated heterocycles. The first-order valence-electron chi connectivity index (χ1n) is 9.08. The first-order valence-corrected chi connectivity index (χ1v) is 13.1. The van der Waals surface area contributed by atoms with Crippen molar-refractivity contribution < 1.29 is 55.9 Å². The molecule has 0 radical (unpaired) electrons. The van der Waals surface area contributed by atoms with E-state index < -0.39 is 85.2 Å². The van der Waals surface area contributed by atoms with E-state index in [0.717, 1.165) is 0 Å². The van der Waals surface area contributed by atoms with E-state index in [-0.39, 0.29) is 18.6 Å². The summed E-state index contributed by atoms with van der Waals surface area (Å²) >= 11 is -1.17. The molecule has 0 rings (SSSR count). The Kier molecular flexibility index (Phi) is 16.4. The SMILES string of the molecule is NC(CCC(=O)NC(CS)C(=O)NCC(=O)O)C(=O)O.NC(C[Se](=O)(=O)O)C(=O)NCC(=O)O. The van der Waals surface area contributed by atoms with E-state index in [1.54, 1.807) is 0 Å². The van der Waals surface area contributed by atoms with Crippen LogP contribution in [0.1, 0.15) is 12.8 Å². The Labute approximate surface area is 200 Å². The molecule has 196 valence electrons. The van der Waals surface area contributed by atoms with Crippen molar-refractivity contribution in [2.45, 2.75) is 36.3 Å². The molecule has 0 aliphatic heterocycles. The van der Waals surface area contributed by atoms with Crippen molar-refractivity contribution in [2.75, 3.05) is 18.8 Å². The van der Waals surface area contributed by atoms with Crippen molar-refractivity contribution in [1.82, 2.24) is 16.0 Å². The quantitative estimate of drug-likeness (QED) is 0.0680. The number of carboxylic acid groups (broad SMARTS) is 3. The summed E-state index contributed by atoms with van der Waals surface area (Å²) in [6.07, 6.45) is -0.235. The van der Waals surface area contributed by atoms with Gasteiger partial charge in [0, 0.05) is 12.2 Å². The van der Waals surface area contributed by atoms with E-state index in [1.807, 2.05) is 5.32 Å². The molecule has 0 heterocycles. The third-order valence-corrected chi connectivity index (χ3v) is 5.39. The second-order valence-corrected chi connectivity index (χ2v) is 9.87. The average molecular weight is 580 g/mol. The minimum absolute atomic E-state index is 0.0256. The number of hydrogen-bond acceptors (Lipinski definition) is 11. The van der Waals surface area contributed by atoms with Gasteiger partial charge in [0.25, 0.3) is 0 Å². The zero-order valence-electron chi connectivity index (χ0n) is 17.5. The summed E-state index contributed by atoms with van der Waals surface area (Å²) in [5.74, 6) is -5.91.